The van der Waals surface area contributed by atoms with E-state index in [0.29, 0.717) is 6.61 Å². The number of nitrogens with zero attached hydrogens (tertiary/aromatic N) is 1. The zero-order chi connectivity index (χ0) is 14.7. The fraction of sp³-hybridized carbons (Fsp3) is 0.375. The van der Waals surface area contributed by atoms with Crippen LogP contribution in [0.1, 0.15) is 11.8 Å². The average molecular weight is 289 g/mol. The number of aromatic nitrogens is 1. The Labute approximate surface area is 123 Å². The number of ether oxygens (including phenoxy) is 2. The topological polar surface area (TPSA) is 63.8 Å². The highest BCUT2D eigenvalue weighted by Crippen LogP contribution is 2.29. The second-order valence-corrected chi connectivity index (χ2v) is 5.18. The highest BCUT2D eigenvalue weighted by Gasteiger charge is 2.43. The fourth-order valence-electron chi connectivity index (χ4n) is 2.50. The summed E-state index contributed by atoms with van der Waals surface area (Å²) in [4.78, 5) is 0. The van der Waals surface area contributed by atoms with Gasteiger partial charge in [-0.15, -0.1) is 0 Å². The lowest BCUT2D eigenvalue weighted by atomic mass is 10.1. The molecule has 21 heavy (non-hydrogen) atoms. The van der Waals surface area contributed by atoms with Gasteiger partial charge in [0.1, 0.15) is 18.3 Å². The van der Waals surface area contributed by atoms with Crippen molar-refractivity contribution in [1.82, 2.24) is 4.57 Å². The minimum Gasteiger partial charge on any atom is -0.387 e. The molecule has 0 spiro atoms. The number of hydrogen-bond donors (Lipinski definition) is 2. The molecule has 3 rings (SSSR count). The van der Waals surface area contributed by atoms with Gasteiger partial charge in [-0.1, -0.05) is 30.3 Å². The molecule has 4 unspecified atom stereocenters. The summed E-state index contributed by atoms with van der Waals surface area (Å²) in [6, 6.07) is 13.5. The Kier molecular flexibility index (Phi) is 4.36. The molecular formula is C16H19NO4. The molecule has 5 nitrogen and oxygen atoms in total. The first-order valence-corrected chi connectivity index (χ1v) is 7.01. The maximum atomic E-state index is 10.1. The van der Waals surface area contributed by atoms with Gasteiger partial charge >= 0.3 is 0 Å². The van der Waals surface area contributed by atoms with E-state index in [0.717, 1.165) is 5.56 Å². The third kappa shape index (κ3) is 3.16. The van der Waals surface area contributed by atoms with E-state index in [-0.39, 0.29) is 6.61 Å². The van der Waals surface area contributed by atoms with Gasteiger partial charge in [0.05, 0.1) is 13.2 Å². The Hall–Kier alpha value is -1.66. The first-order chi connectivity index (χ1) is 10.3. The molecule has 0 amide bonds. The van der Waals surface area contributed by atoms with Crippen LogP contribution in [-0.2, 0) is 16.1 Å². The van der Waals surface area contributed by atoms with Crippen molar-refractivity contribution in [3.8, 4) is 0 Å². The maximum absolute atomic E-state index is 10.1. The minimum absolute atomic E-state index is 0.241. The summed E-state index contributed by atoms with van der Waals surface area (Å²) in [5.74, 6) is 0. The third-order valence-corrected chi connectivity index (χ3v) is 3.65. The first-order valence-electron chi connectivity index (χ1n) is 7.01. The monoisotopic (exact) mass is 289 g/mol. The van der Waals surface area contributed by atoms with Crippen molar-refractivity contribution in [2.24, 2.45) is 0 Å². The van der Waals surface area contributed by atoms with Crippen molar-refractivity contribution >= 4 is 0 Å². The molecule has 1 aromatic heterocycles. The van der Waals surface area contributed by atoms with E-state index in [2.05, 4.69) is 0 Å². The second-order valence-electron chi connectivity index (χ2n) is 5.18. The van der Waals surface area contributed by atoms with Gasteiger partial charge in [0.2, 0.25) is 0 Å². The molecule has 2 aromatic rings. The Morgan fingerprint density at radius 1 is 1.00 bits per heavy atom. The molecule has 1 aromatic carbocycles. The van der Waals surface area contributed by atoms with Gasteiger partial charge in [-0.2, -0.15) is 0 Å². The smallest absolute Gasteiger partial charge is 0.162 e. The van der Waals surface area contributed by atoms with Gasteiger partial charge in [-0.25, -0.2) is 0 Å². The van der Waals surface area contributed by atoms with Crippen LogP contribution < -0.4 is 0 Å². The predicted octanol–water partition coefficient (Wildman–Crippen LogP) is 1.32. The summed E-state index contributed by atoms with van der Waals surface area (Å²) in [5, 5.41) is 20.1. The summed E-state index contributed by atoms with van der Waals surface area (Å²) >= 11 is 0. The van der Waals surface area contributed by atoms with Gasteiger partial charge in [-0.05, 0) is 17.7 Å². The second kappa shape index (κ2) is 6.41. The molecule has 0 bridgehead atoms. The van der Waals surface area contributed by atoms with E-state index in [9.17, 15) is 10.2 Å². The van der Waals surface area contributed by atoms with Gasteiger partial charge in [0, 0.05) is 12.4 Å². The molecule has 0 radical (unpaired) electrons. The highest BCUT2D eigenvalue weighted by atomic mass is 16.6. The van der Waals surface area contributed by atoms with Crippen molar-refractivity contribution in [3.63, 3.8) is 0 Å². The fourth-order valence-corrected chi connectivity index (χ4v) is 2.50. The van der Waals surface area contributed by atoms with Crippen LogP contribution in [0.4, 0.5) is 0 Å². The van der Waals surface area contributed by atoms with Crippen molar-refractivity contribution in [3.05, 3.63) is 60.4 Å². The third-order valence-electron chi connectivity index (χ3n) is 3.65. The van der Waals surface area contributed by atoms with E-state index in [1.54, 1.807) is 17.0 Å². The SMILES string of the molecule is OC1C(COCc2ccccc2)OC(n2cccc2)C1O. The first kappa shape index (κ1) is 14.3. The molecular weight excluding hydrogens is 270 g/mol. The van der Waals surface area contributed by atoms with Crippen molar-refractivity contribution in [2.45, 2.75) is 31.1 Å². The molecule has 1 aliphatic rings. The van der Waals surface area contributed by atoms with Crippen LogP contribution in [0.15, 0.2) is 54.9 Å². The van der Waals surface area contributed by atoms with Crippen LogP contribution in [0.5, 0.6) is 0 Å². The van der Waals surface area contributed by atoms with Gasteiger partial charge in [0.25, 0.3) is 0 Å². The van der Waals surface area contributed by atoms with Crippen LogP contribution >= 0.6 is 0 Å². The average Bonchev–Trinajstić information content (AvgIpc) is 3.12. The number of aliphatic hydroxyl groups excluding tert-OH is 2. The van der Waals surface area contributed by atoms with Crippen molar-refractivity contribution in [1.29, 1.82) is 0 Å². The number of benzene rings is 1. The van der Waals surface area contributed by atoms with E-state index < -0.39 is 24.5 Å². The summed E-state index contributed by atoms with van der Waals surface area (Å²) < 4.78 is 13.0. The van der Waals surface area contributed by atoms with E-state index in [1.807, 2.05) is 42.5 Å². The number of aliphatic hydroxyl groups is 2. The van der Waals surface area contributed by atoms with Crippen LogP contribution in [0, 0.1) is 0 Å². The van der Waals surface area contributed by atoms with Crippen LogP contribution in [0.2, 0.25) is 0 Å². The molecule has 1 fully saturated rings. The molecule has 0 saturated carbocycles. The van der Waals surface area contributed by atoms with Gasteiger partial charge in [0.15, 0.2) is 6.23 Å². The lowest BCUT2D eigenvalue weighted by Crippen LogP contribution is -2.33. The normalized spacial score (nSPS) is 28.9. The summed E-state index contributed by atoms with van der Waals surface area (Å²) in [6.45, 7) is 0.697. The van der Waals surface area contributed by atoms with Crippen molar-refractivity contribution < 1.29 is 19.7 Å². The summed E-state index contributed by atoms with van der Waals surface area (Å²) in [7, 11) is 0. The zero-order valence-electron chi connectivity index (χ0n) is 11.6. The molecule has 1 aliphatic heterocycles. The van der Waals surface area contributed by atoms with Gasteiger partial charge < -0.3 is 24.3 Å². The van der Waals surface area contributed by atoms with E-state index in [1.165, 1.54) is 0 Å². The molecule has 112 valence electrons. The van der Waals surface area contributed by atoms with E-state index in [4.69, 9.17) is 9.47 Å². The number of rotatable bonds is 5. The molecule has 0 aliphatic carbocycles. The molecule has 1 saturated heterocycles. The highest BCUT2D eigenvalue weighted by molar-refractivity contribution is 5.13. The Morgan fingerprint density at radius 2 is 1.71 bits per heavy atom. The lowest BCUT2D eigenvalue weighted by Gasteiger charge is -2.16. The predicted molar refractivity (Wildman–Crippen MR) is 76.5 cm³/mol. The molecule has 2 N–H and O–H groups in total. The molecule has 5 heteroatoms. The van der Waals surface area contributed by atoms with Crippen molar-refractivity contribution in [2.75, 3.05) is 6.61 Å². The quantitative estimate of drug-likeness (QED) is 0.871. The van der Waals surface area contributed by atoms with Crippen LogP contribution in [0.25, 0.3) is 0 Å². The van der Waals surface area contributed by atoms with Gasteiger partial charge in [-0.3, -0.25) is 0 Å². The summed E-state index contributed by atoms with van der Waals surface area (Å²) in [5.41, 5.74) is 1.06. The Bertz CT molecular complexity index is 543. The minimum atomic E-state index is -0.956. The molecule has 4 atom stereocenters. The van der Waals surface area contributed by atoms with E-state index >= 15 is 0 Å². The lowest BCUT2D eigenvalue weighted by molar-refractivity contribution is -0.0693. The zero-order valence-corrected chi connectivity index (χ0v) is 11.6. The van der Waals surface area contributed by atoms with Crippen LogP contribution in [0.3, 0.4) is 0 Å². The summed E-state index contributed by atoms with van der Waals surface area (Å²) in [6.07, 6.45) is 0.592. The molecule has 2 heterocycles. The number of hydrogen-bond acceptors (Lipinski definition) is 4. The largest absolute Gasteiger partial charge is 0.387 e. The maximum Gasteiger partial charge on any atom is 0.162 e. The standard InChI is InChI=1S/C16H19NO4/c18-14-13(11-20-10-12-6-2-1-3-7-12)21-16(15(14)19)17-8-4-5-9-17/h1-9,13-16,18-19H,10-11H2. The Morgan fingerprint density at radius 3 is 2.43 bits per heavy atom. The Balaban J connectivity index is 1.54. The van der Waals surface area contributed by atoms with Crippen LogP contribution in [-0.4, -0.2) is 39.7 Å².